The minimum atomic E-state index is -0.693. The van der Waals surface area contributed by atoms with Crippen molar-refractivity contribution in [2.24, 2.45) is 0 Å². The lowest BCUT2D eigenvalue weighted by molar-refractivity contribution is 0.430. The number of rotatable bonds is 4. The van der Waals surface area contributed by atoms with Gasteiger partial charge in [0.05, 0.1) is 10.8 Å². The van der Waals surface area contributed by atoms with Gasteiger partial charge in [-0.2, -0.15) is 0 Å². The van der Waals surface area contributed by atoms with Crippen molar-refractivity contribution in [3.8, 4) is 67.9 Å². The van der Waals surface area contributed by atoms with Crippen LogP contribution in [0.1, 0.15) is 44.5 Å². The van der Waals surface area contributed by atoms with E-state index in [1.807, 2.05) is 30.3 Å². The molecule has 0 unspecified atom stereocenters. The molecule has 2 aliphatic carbocycles. The lowest BCUT2D eigenvalue weighted by atomic mass is 9.51. The van der Waals surface area contributed by atoms with Crippen LogP contribution in [-0.2, 0) is 10.8 Å². The Balaban J connectivity index is 0.963. The zero-order valence-corrected chi connectivity index (χ0v) is 36.3. The Kier molecular flexibility index (Phi) is 8.08. The summed E-state index contributed by atoms with van der Waals surface area (Å²) in [6, 6.07) is 85.1. The number of hydrogen-bond acceptors (Lipinski definition) is 4. The summed E-state index contributed by atoms with van der Waals surface area (Å²) in [5, 5.41) is 2.24. The van der Waals surface area contributed by atoms with E-state index in [4.69, 9.17) is 19.7 Å². The van der Waals surface area contributed by atoms with Crippen LogP contribution in [0.4, 0.5) is 0 Å². The van der Waals surface area contributed by atoms with Gasteiger partial charge >= 0.3 is 0 Å². The maximum Gasteiger partial charge on any atom is 0.164 e. The van der Waals surface area contributed by atoms with Gasteiger partial charge in [0.2, 0.25) is 0 Å². The van der Waals surface area contributed by atoms with Crippen LogP contribution in [0.25, 0.3) is 67.2 Å². The van der Waals surface area contributed by atoms with Crippen LogP contribution in [0.15, 0.2) is 237 Å². The van der Waals surface area contributed by atoms with Crippen LogP contribution in [-0.4, -0.2) is 15.0 Å². The van der Waals surface area contributed by atoms with Crippen LogP contribution < -0.4 is 4.74 Å². The van der Waals surface area contributed by atoms with E-state index in [1.165, 1.54) is 44.5 Å². The first-order valence-corrected chi connectivity index (χ1v) is 22.9. The highest BCUT2D eigenvalue weighted by atomic mass is 16.5. The largest absolute Gasteiger partial charge is 0.456 e. The Hall–Kier alpha value is -8.73. The van der Waals surface area contributed by atoms with Gasteiger partial charge in [-0.05, 0) is 66.9 Å². The zero-order valence-electron chi connectivity index (χ0n) is 36.3. The predicted octanol–water partition coefficient (Wildman–Crippen LogP) is 14.9. The van der Waals surface area contributed by atoms with Gasteiger partial charge in [-0.3, -0.25) is 0 Å². The molecule has 67 heavy (non-hydrogen) atoms. The third kappa shape index (κ3) is 5.21. The van der Waals surface area contributed by atoms with Gasteiger partial charge in [0, 0.05) is 33.4 Å². The summed E-state index contributed by atoms with van der Waals surface area (Å²) in [4.78, 5) is 15.3. The second-order valence-electron chi connectivity index (χ2n) is 17.7. The standard InChI is InChI=1S/C63H39N3O/c1-2-19-42(20-3-1)59-64-60(66-61(65-59)48-26-16-21-40-18-4-5-22-44(40)48)43-38-36-41(37-39-43)45-25-17-34-56-58(45)67-57-35-15-14-33-55(57)63(56)53-31-12-10-29-51(53)62(52-30-11-13-32-54(52)63)49-27-8-6-23-46(49)47-24-7-9-28-50(47)62/h1-39H. The maximum absolute atomic E-state index is 7.20. The minimum Gasteiger partial charge on any atom is -0.456 e. The molecular formula is C63H39N3O. The van der Waals surface area contributed by atoms with Gasteiger partial charge in [-0.15, -0.1) is 0 Å². The maximum atomic E-state index is 7.20. The van der Waals surface area contributed by atoms with Crippen molar-refractivity contribution in [1.82, 2.24) is 15.0 Å². The summed E-state index contributed by atoms with van der Waals surface area (Å²) in [6.07, 6.45) is 0. The monoisotopic (exact) mass is 853 g/mol. The van der Waals surface area contributed by atoms with Gasteiger partial charge in [0.15, 0.2) is 17.5 Å². The molecule has 2 spiro atoms. The topological polar surface area (TPSA) is 47.9 Å². The van der Waals surface area contributed by atoms with Crippen LogP contribution in [0, 0.1) is 0 Å². The summed E-state index contributed by atoms with van der Waals surface area (Å²) in [5.74, 6) is 3.59. The molecule has 3 aliphatic rings. The van der Waals surface area contributed by atoms with Crippen LogP contribution in [0.2, 0.25) is 0 Å². The lowest BCUT2D eigenvalue weighted by Crippen LogP contribution is -2.45. The average Bonchev–Trinajstić information content (AvgIpc) is 3.70. The number of aromatic nitrogens is 3. The molecule has 4 heteroatoms. The molecular weight excluding hydrogens is 815 g/mol. The van der Waals surface area contributed by atoms with E-state index in [1.54, 1.807) is 0 Å². The van der Waals surface area contributed by atoms with E-state index >= 15 is 0 Å². The zero-order chi connectivity index (χ0) is 44.1. The molecule has 4 nitrogen and oxygen atoms in total. The predicted molar refractivity (Wildman–Crippen MR) is 268 cm³/mol. The first-order valence-electron chi connectivity index (χ1n) is 22.9. The second-order valence-corrected chi connectivity index (χ2v) is 17.7. The number of para-hydroxylation sites is 2. The van der Waals surface area contributed by atoms with Gasteiger partial charge in [0.1, 0.15) is 11.5 Å². The van der Waals surface area contributed by atoms with Crippen LogP contribution in [0.3, 0.4) is 0 Å². The molecule has 312 valence electrons. The number of fused-ring (bicyclic) bond motifs is 16. The van der Waals surface area contributed by atoms with Crippen molar-refractivity contribution in [1.29, 1.82) is 0 Å². The van der Waals surface area contributed by atoms with Gasteiger partial charge in [-0.25, -0.2) is 15.0 Å². The van der Waals surface area contributed by atoms with Crippen molar-refractivity contribution < 1.29 is 4.74 Å². The quantitative estimate of drug-likeness (QED) is 0.177. The minimum absolute atomic E-state index is 0.518. The molecule has 0 N–H and O–H groups in total. The third-order valence-electron chi connectivity index (χ3n) is 14.5. The van der Waals surface area contributed by atoms with Crippen molar-refractivity contribution in [2.45, 2.75) is 10.8 Å². The number of benzene rings is 10. The highest BCUT2D eigenvalue weighted by Gasteiger charge is 2.58. The van der Waals surface area contributed by atoms with Crippen molar-refractivity contribution in [2.75, 3.05) is 0 Å². The number of ether oxygens (including phenoxy) is 1. The molecule has 0 fully saturated rings. The van der Waals surface area contributed by atoms with Gasteiger partial charge in [0.25, 0.3) is 0 Å². The number of hydrogen-bond donors (Lipinski definition) is 0. The summed E-state index contributed by atoms with van der Waals surface area (Å²) >= 11 is 0. The summed E-state index contributed by atoms with van der Waals surface area (Å²) in [7, 11) is 0. The Morgan fingerprint density at radius 3 is 1.34 bits per heavy atom. The summed E-state index contributed by atoms with van der Waals surface area (Å²) < 4.78 is 7.20. The summed E-state index contributed by atoms with van der Waals surface area (Å²) in [5.41, 5.74) is 16.2. The van der Waals surface area contributed by atoms with E-state index < -0.39 is 10.8 Å². The molecule has 0 amide bonds. The first kappa shape index (κ1) is 37.6. The summed E-state index contributed by atoms with van der Waals surface area (Å²) in [6.45, 7) is 0. The molecule has 14 rings (SSSR count). The molecule has 0 radical (unpaired) electrons. The van der Waals surface area contributed by atoms with E-state index in [0.29, 0.717) is 17.5 Å². The fraction of sp³-hybridized carbons (Fsp3) is 0.0317. The molecule has 1 aliphatic heterocycles. The van der Waals surface area contributed by atoms with E-state index in [9.17, 15) is 0 Å². The van der Waals surface area contributed by atoms with Gasteiger partial charge in [-0.1, -0.05) is 231 Å². The second kappa shape index (κ2) is 14.4. The van der Waals surface area contributed by atoms with Crippen molar-refractivity contribution >= 4 is 10.8 Å². The average molecular weight is 854 g/mol. The Bertz CT molecular complexity index is 3700. The molecule has 0 saturated heterocycles. The van der Waals surface area contributed by atoms with E-state index in [-0.39, 0.29) is 0 Å². The van der Waals surface area contributed by atoms with Gasteiger partial charge < -0.3 is 4.74 Å². The fourth-order valence-electron chi connectivity index (χ4n) is 11.8. The molecule has 10 aromatic carbocycles. The Morgan fingerprint density at radius 2 is 0.687 bits per heavy atom. The molecule has 2 heterocycles. The first-order chi connectivity index (χ1) is 33.2. The molecule has 0 bridgehead atoms. The molecule has 11 aromatic rings. The Labute approximate surface area is 388 Å². The lowest BCUT2D eigenvalue weighted by Gasteiger charge is -2.51. The van der Waals surface area contributed by atoms with E-state index in [2.05, 4.69) is 206 Å². The third-order valence-corrected chi connectivity index (χ3v) is 14.5. The SMILES string of the molecule is c1ccc(-c2nc(-c3ccc(-c4cccc5c4Oc4ccccc4C54c5ccccc5C5(c6ccccc6-c6ccccc65)c5ccccc54)cc3)nc(-c3cccc4ccccc34)n2)cc1. The van der Waals surface area contributed by atoms with Crippen LogP contribution >= 0.6 is 0 Å². The van der Waals surface area contributed by atoms with E-state index in [0.717, 1.165) is 61.2 Å². The Morgan fingerprint density at radius 1 is 0.269 bits per heavy atom. The normalized spacial score (nSPS) is 14.0. The van der Waals surface area contributed by atoms with Crippen LogP contribution in [0.5, 0.6) is 11.5 Å². The molecule has 1 aromatic heterocycles. The highest BCUT2D eigenvalue weighted by molar-refractivity contribution is 5.96. The fourth-order valence-corrected chi connectivity index (χ4v) is 11.8. The van der Waals surface area contributed by atoms with Crippen molar-refractivity contribution in [3.63, 3.8) is 0 Å². The highest BCUT2D eigenvalue weighted by Crippen LogP contribution is 2.67. The molecule has 0 saturated carbocycles. The molecule has 0 atom stereocenters. The smallest absolute Gasteiger partial charge is 0.164 e. The number of nitrogens with zero attached hydrogens (tertiary/aromatic N) is 3. The van der Waals surface area contributed by atoms with Crippen molar-refractivity contribution in [3.05, 3.63) is 281 Å².